The third-order valence-electron chi connectivity index (χ3n) is 5.24. The number of halogens is 3. The van der Waals surface area contributed by atoms with Gasteiger partial charge in [0.15, 0.2) is 5.96 Å². The lowest BCUT2D eigenvalue weighted by atomic mass is 10.0. The molecule has 0 spiro atoms. The number of aliphatic imine (C=N–C) groups is 1. The van der Waals surface area contributed by atoms with Crippen molar-refractivity contribution >= 4 is 45.9 Å². The Morgan fingerprint density at radius 3 is 2.75 bits per heavy atom. The zero-order chi connectivity index (χ0) is 19.1. The Morgan fingerprint density at radius 1 is 1.32 bits per heavy atom. The summed E-state index contributed by atoms with van der Waals surface area (Å²) in [5.74, 6) is 1.24. The molecule has 5 nitrogen and oxygen atoms in total. The second kappa shape index (κ2) is 12.3. The van der Waals surface area contributed by atoms with E-state index >= 15 is 0 Å². The molecule has 158 valence electrons. The Bertz CT molecular complexity index is 635. The molecule has 1 unspecified atom stereocenters. The average Bonchev–Trinajstić information content (AvgIpc) is 3.16. The van der Waals surface area contributed by atoms with Crippen molar-refractivity contribution in [3.05, 3.63) is 34.1 Å². The summed E-state index contributed by atoms with van der Waals surface area (Å²) in [5, 5.41) is 6.81. The molecule has 2 saturated heterocycles. The highest BCUT2D eigenvalue weighted by atomic mass is 127. The van der Waals surface area contributed by atoms with Crippen molar-refractivity contribution in [3.63, 3.8) is 0 Å². The van der Waals surface area contributed by atoms with Gasteiger partial charge in [0.1, 0.15) is 5.82 Å². The zero-order valence-corrected chi connectivity index (χ0v) is 20.3. The van der Waals surface area contributed by atoms with Gasteiger partial charge in [0.25, 0.3) is 0 Å². The van der Waals surface area contributed by atoms with E-state index in [9.17, 15) is 4.39 Å². The molecule has 1 atom stereocenters. The topological polar surface area (TPSA) is 48.9 Å². The molecule has 0 saturated carbocycles. The molecule has 2 heterocycles. The lowest BCUT2D eigenvalue weighted by Gasteiger charge is -2.34. The van der Waals surface area contributed by atoms with Crippen LogP contribution in [0.3, 0.4) is 0 Å². The van der Waals surface area contributed by atoms with Gasteiger partial charge in [0, 0.05) is 48.9 Å². The molecule has 2 aliphatic rings. The van der Waals surface area contributed by atoms with Gasteiger partial charge in [-0.25, -0.2) is 9.38 Å². The zero-order valence-electron chi connectivity index (χ0n) is 16.4. The van der Waals surface area contributed by atoms with Gasteiger partial charge >= 0.3 is 0 Å². The van der Waals surface area contributed by atoms with Gasteiger partial charge in [-0.2, -0.15) is 0 Å². The largest absolute Gasteiger partial charge is 0.381 e. The molecular formula is C20H31BrFIN4O. The lowest BCUT2D eigenvalue weighted by Crippen LogP contribution is -2.49. The molecular weight excluding hydrogens is 538 g/mol. The molecule has 2 N–H and O–H groups in total. The second-order valence-corrected chi connectivity index (χ2v) is 8.30. The number of piperidine rings is 1. The Kier molecular flexibility index (Phi) is 10.5. The lowest BCUT2D eigenvalue weighted by molar-refractivity contribution is 0.150. The summed E-state index contributed by atoms with van der Waals surface area (Å²) >= 11 is 3.29. The third-order valence-corrected chi connectivity index (χ3v) is 5.73. The van der Waals surface area contributed by atoms with Crippen molar-refractivity contribution < 1.29 is 9.13 Å². The van der Waals surface area contributed by atoms with Crippen LogP contribution in [0.15, 0.2) is 27.7 Å². The van der Waals surface area contributed by atoms with E-state index < -0.39 is 0 Å². The Labute approximate surface area is 193 Å². The maximum atomic E-state index is 14.0. The summed E-state index contributed by atoms with van der Waals surface area (Å²) in [6.07, 6.45) is 3.40. The van der Waals surface area contributed by atoms with Crippen molar-refractivity contribution in [2.24, 2.45) is 10.9 Å². The number of guanidine groups is 1. The summed E-state index contributed by atoms with van der Waals surface area (Å²) in [4.78, 5) is 7.13. The number of likely N-dealkylation sites (tertiary alicyclic amines) is 1. The van der Waals surface area contributed by atoms with Crippen LogP contribution in [-0.4, -0.2) is 56.3 Å². The highest BCUT2D eigenvalue weighted by Gasteiger charge is 2.24. The number of benzene rings is 1. The van der Waals surface area contributed by atoms with Crippen LogP contribution in [0, 0.1) is 11.7 Å². The minimum atomic E-state index is -0.229. The van der Waals surface area contributed by atoms with E-state index in [1.807, 2.05) is 13.0 Å². The van der Waals surface area contributed by atoms with Gasteiger partial charge in [-0.3, -0.25) is 0 Å². The normalized spacial score (nSPS) is 21.4. The van der Waals surface area contributed by atoms with Crippen molar-refractivity contribution in [2.75, 3.05) is 39.4 Å². The van der Waals surface area contributed by atoms with Gasteiger partial charge in [0.05, 0.1) is 13.2 Å². The molecule has 1 aromatic carbocycles. The van der Waals surface area contributed by atoms with Crippen LogP contribution in [-0.2, 0) is 11.3 Å². The number of nitrogens with one attached hydrogen (secondary N) is 2. The van der Waals surface area contributed by atoms with Crippen LogP contribution < -0.4 is 10.6 Å². The van der Waals surface area contributed by atoms with Crippen molar-refractivity contribution in [2.45, 2.75) is 38.8 Å². The number of rotatable bonds is 6. The molecule has 8 heteroatoms. The SMILES string of the molecule is CCNC(=NCc1ccc(Br)cc1F)NC1CCN(CC2CCOC2)CC1.I. The van der Waals surface area contributed by atoms with E-state index in [1.54, 1.807) is 6.07 Å². The fraction of sp³-hybridized carbons (Fsp3) is 0.650. The van der Waals surface area contributed by atoms with Gasteiger partial charge in [-0.05, 0) is 44.2 Å². The summed E-state index contributed by atoms with van der Waals surface area (Å²) in [6, 6.07) is 5.52. The number of hydrogen-bond acceptors (Lipinski definition) is 3. The van der Waals surface area contributed by atoms with Crippen LogP contribution in [0.1, 0.15) is 31.7 Å². The van der Waals surface area contributed by atoms with Crippen LogP contribution in [0.2, 0.25) is 0 Å². The number of nitrogens with zero attached hydrogens (tertiary/aromatic N) is 2. The first kappa shape index (κ1) is 23.8. The predicted octanol–water partition coefficient (Wildman–Crippen LogP) is 3.76. The van der Waals surface area contributed by atoms with E-state index in [1.165, 1.54) is 12.5 Å². The summed E-state index contributed by atoms with van der Waals surface area (Å²) in [7, 11) is 0. The van der Waals surface area contributed by atoms with Gasteiger partial charge in [-0.1, -0.05) is 22.0 Å². The van der Waals surface area contributed by atoms with Gasteiger partial charge < -0.3 is 20.3 Å². The van der Waals surface area contributed by atoms with Crippen LogP contribution in [0.25, 0.3) is 0 Å². The number of ether oxygens (including phenoxy) is 1. The van der Waals surface area contributed by atoms with E-state index in [2.05, 4.69) is 36.5 Å². The molecule has 2 aliphatic heterocycles. The van der Waals surface area contributed by atoms with Crippen molar-refractivity contribution in [1.82, 2.24) is 15.5 Å². The van der Waals surface area contributed by atoms with E-state index in [0.29, 0.717) is 24.1 Å². The number of hydrogen-bond donors (Lipinski definition) is 2. The highest BCUT2D eigenvalue weighted by molar-refractivity contribution is 14.0. The molecule has 0 bridgehead atoms. The molecule has 3 rings (SSSR count). The first-order chi connectivity index (χ1) is 13.1. The standard InChI is InChI=1S/C20H30BrFN4O.HI/c1-2-23-20(24-12-16-3-4-17(21)11-19(16)22)25-18-5-8-26(9-6-18)13-15-7-10-27-14-15;/h3-4,11,15,18H,2,5-10,12-14H2,1H3,(H2,23,24,25);1H. The molecule has 28 heavy (non-hydrogen) atoms. The van der Waals surface area contributed by atoms with Crippen LogP contribution >= 0.6 is 39.9 Å². The van der Waals surface area contributed by atoms with E-state index in [4.69, 9.17) is 4.74 Å². The summed E-state index contributed by atoms with van der Waals surface area (Å²) < 4.78 is 20.2. The predicted molar refractivity (Wildman–Crippen MR) is 126 cm³/mol. The Balaban J connectivity index is 0.00000280. The van der Waals surface area contributed by atoms with Crippen LogP contribution in [0.4, 0.5) is 4.39 Å². The highest BCUT2D eigenvalue weighted by Crippen LogP contribution is 2.18. The minimum Gasteiger partial charge on any atom is -0.381 e. The van der Waals surface area contributed by atoms with Crippen LogP contribution in [0.5, 0.6) is 0 Å². The third kappa shape index (κ3) is 7.42. The molecule has 0 amide bonds. The maximum Gasteiger partial charge on any atom is 0.191 e. The van der Waals surface area contributed by atoms with Gasteiger partial charge in [0.2, 0.25) is 0 Å². The smallest absolute Gasteiger partial charge is 0.191 e. The molecule has 0 aliphatic carbocycles. The monoisotopic (exact) mass is 568 g/mol. The van der Waals surface area contributed by atoms with E-state index in [0.717, 1.165) is 62.7 Å². The Morgan fingerprint density at radius 2 is 2.11 bits per heavy atom. The summed E-state index contributed by atoms with van der Waals surface area (Å²) in [5.41, 5.74) is 0.601. The quantitative estimate of drug-likeness (QED) is 0.312. The average molecular weight is 569 g/mol. The minimum absolute atomic E-state index is 0. The van der Waals surface area contributed by atoms with E-state index in [-0.39, 0.29) is 29.8 Å². The second-order valence-electron chi connectivity index (χ2n) is 7.38. The van der Waals surface area contributed by atoms with Crippen molar-refractivity contribution in [3.8, 4) is 0 Å². The maximum absolute atomic E-state index is 14.0. The molecule has 2 fully saturated rings. The fourth-order valence-electron chi connectivity index (χ4n) is 3.68. The first-order valence-corrected chi connectivity index (χ1v) is 10.7. The molecule has 0 aromatic heterocycles. The summed E-state index contributed by atoms with van der Waals surface area (Å²) in [6.45, 7) is 8.37. The molecule has 1 aromatic rings. The molecule has 0 radical (unpaired) electrons. The van der Waals surface area contributed by atoms with Gasteiger partial charge in [-0.15, -0.1) is 24.0 Å². The Hall–Kier alpha value is -0.450. The van der Waals surface area contributed by atoms with Crippen molar-refractivity contribution in [1.29, 1.82) is 0 Å². The fourth-order valence-corrected chi connectivity index (χ4v) is 4.01. The first-order valence-electron chi connectivity index (χ1n) is 9.93.